The van der Waals surface area contributed by atoms with Gasteiger partial charge in [-0.3, -0.25) is 0 Å². The Hall–Kier alpha value is -0.520. The molecule has 0 heterocycles. The summed E-state index contributed by atoms with van der Waals surface area (Å²) < 4.78 is 0. The van der Waals surface area contributed by atoms with E-state index in [1.165, 1.54) is 6.92 Å². The van der Waals surface area contributed by atoms with E-state index in [9.17, 15) is 0 Å². The van der Waals surface area contributed by atoms with Gasteiger partial charge in [0.25, 0.3) is 0 Å². The highest BCUT2D eigenvalue weighted by atomic mass is 16.3. The highest BCUT2D eigenvalue weighted by Crippen LogP contribution is 1.97. The van der Waals surface area contributed by atoms with E-state index in [4.69, 9.17) is 10.2 Å². The van der Waals surface area contributed by atoms with Crippen LogP contribution in [-0.2, 0) is 0 Å². The first-order valence-electron chi connectivity index (χ1n) is 2.95. The molecule has 0 aliphatic heterocycles. The van der Waals surface area contributed by atoms with Crippen molar-refractivity contribution in [1.29, 1.82) is 0 Å². The number of aliphatic hydroxyl groups is 2. The monoisotopic (exact) mass is 128 g/mol. The van der Waals surface area contributed by atoms with Crippen molar-refractivity contribution in [2.24, 2.45) is 0 Å². The average molecular weight is 128 g/mol. The minimum atomic E-state index is -1.21. The maximum Gasteiger partial charge on any atom is 0.145 e. The molecule has 0 rings (SSSR count). The molecule has 0 amide bonds. The maximum absolute atomic E-state index is 9.03. The molecule has 0 aliphatic carbocycles. The molecule has 0 saturated heterocycles. The molecule has 52 valence electrons. The molecule has 2 N–H and O–H groups in total. The molecule has 0 aromatic heterocycles. The second-order valence-electron chi connectivity index (χ2n) is 2.09. The molecule has 0 spiro atoms. The predicted molar refractivity (Wildman–Crippen MR) is 35.8 cm³/mol. The summed E-state index contributed by atoms with van der Waals surface area (Å²) in [5.41, 5.74) is -1.21. The van der Waals surface area contributed by atoms with E-state index in [1.807, 2.05) is 6.92 Å². The lowest BCUT2D eigenvalue weighted by atomic mass is 10.1. The zero-order chi connectivity index (χ0) is 7.33. The fraction of sp³-hybridized carbons (Fsp3) is 0.714. The molecule has 0 aliphatic rings. The smallest absolute Gasteiger partial charge is 0.145 e. The zero-order valence-electron chi connectivity index (χ0n) is 5.81. The lowest BCUT2D eigenvalue weighted by Gasteiger charge is -2.10. The molecule has 0 bridgehead atoms. The van der Waals surface area contributed by atoms with Gasteiger partial charge >= 0.3 is 0 Å². The van der Waals surface area contributed by atoms with Crippen molar-refractivity contribution in [1.82, 2.24) is 0 Å². The number of hydrogen-bond donors (Lipinski definition) is 2. The molecule has 9 heavy (non-hydrogen) atoms. The van der Waals surface area contributed by atoms with Crippen LogP contribution in [0.3, 0.4) is 0 Å². The summed E-state index contributed by atoms with van der Waals surface area (Å²) in [6.07, 6.45) is 0.705. The second-order valence-corrected chi connectivity index (χ2v) is 2.09. The van der Waals surface area contributed by atoms with Crippen molar-refractivity contribution in [3.8, 4) is 11.8 Å². The van der Waals surface area contributed by atoms with Gasteiger partial charge in [-0.25, -0.2) is 0 Å². The van der Waals surface area contributed by atoms with Crippen LogP contribution in [0.25, 0.3) is 0 Å². The van der Waals surface area contributed by atoms with Gasteiger partial charge in [0.2, 0.25) is 0 Å². The topological polar surface area (TPSA) is 40.5 Å². The first kappa shape index (κ1) is 8.48. The van der Waals surface area contributed by atoms with Crippen molar-refractivity contribution < 1.29 is 10.2 Å². The summed E-state index contributed by atoms with van der Waals surface area (Å²) in [4.78, 5) is 0. The molecular weight excluding hydrogens is 116 g/mol. The highest BCUT2D eigenvalue weighted by molar-refractivity contribution is 5.11. The van der Waals surface area contributed by atoms with E-state index in [-0.39, 0.29) is 6.61 Å². The standard InChI is InChI=1S/C7H12O2/c1-3-4-5-7(2,9)6-8/h8-9H,3,6H2,1-2H3. The summed E-state index contributed by atoms with van der Waals surface area (Å²) >= 11 is 0. The van der Waals surface area contributed by atoms with Crippen LogP contribution in [0.1, 0.15) is 20.3 Å². The van der Waals surface area contributed by atoms with Gasteiger partial charge in [0, 0.05) is 6.42 Å². The Labute approximate surface area is 55.5 Å². The van der Waals surface area contributed by atoms with Gasteiger partial charge in [-0.15, -0.1) is 5.92 Å². The van der Waals surface area contributed by atoms with Gasteiger partial charge in [-0.1, -0.05) is 12.8 Å². The molecule has 0 aromatic carbocycles. The van der Waals surface area contributed by atoms with Gasteiger partial charge in [0.05, 0.1) is 6.61 Å². The molecule has 1 unspecified atom stereocenters. The van der Waals surface area contributed by atoms with E-state index in [2.05, 4.69) is 11.8 Å². The predicted octanol–water partition coefficient (Wildman–Crippen LogP) is 0.143. The fourth-order valence-electron chi connectivity index (χ4n) is 0.318. The Bertz CT molecular complexity index is 128. The average Bonchev–Trinajstić information content (AvgIpc) is 1.84. The Kier molecular flexibility index (Phi) is 3.29. The van der Waals surface area contributed by atoms with Crippen LogP contribution >= 0.6 is 0 Å². The molecule has 0 radical (unpaired) electrons. The summed E-state index contributed by atoms with van der Waals surface area (Å²) in [5.74, 6) is 5.19. The van der Waals surface area contributed by atoms with Gasteiger partial charge in [-0.05, 0) is 6.92 Å². The van der Waals surface area contributed by atoms with E-state index in [0.717, 1.165) is 0 Å². The van der Waals surface area contributed by atoms with Gasteiger partial charge < -0.3 is 10.2 Å². The molecule has 1 atom stereocenters. The molecule has 2 heteroatoms. The SMILES string of the molecule is CCC#CC(C)(O)CO. The van der Waals surface area contributed by atoms with Crippen LogP contribution in [0.15, 0.2) is 0 Å². The first-order chi connectivity index (χ1) is 4.12. The summed E-state index contributed by atoms with van der Waals surface area (Å²) in [6, 6.07) is 0. The van der Waals surface area contributed by atoms with Crippen molar-refractivity contribution in [2.45, 2.75) is 25.9 Å². The van der Waals surface area contributed by atoms with Crippen LogP contribution in [0, 0.1) is 11.8 Å². The van der Waals surface area contributed by atoms with Crippen LogP contribution in [-0.4, -0.2) is 22.4 Å². The number of aliphatic hydroxyl groups excluding tert-OH is 1. The van der Waals surface area contributed by atoms with E-state index in [1.54, 1.807) is 0 Å². The number of hydrogen-bond acceptors (Lipinski definition) is 2. The summed E-state index contributed by atoms with van der Waals surface area (Å²) in [7, 11) is 0. The lowest BCUT2D eigenvalue weighted by molar-refractivity contribution is 0.0518. The quantitative estimate of drug-likeness (QED) is 0.493. The van der Waals surface area contributed by atoms with E-state index in [0.29, 0.717) is 6.42 Å². The molecule has 2 nitrogen and oxygen atoms in total. The van der Waals surface area contributed by atoms with Gasteiger partial charge in [-0.2, -0.15) is 0 Å². The molecule has 0 fully saturated rings. The van der Waals surface area contributed by atoms with Gasteiger partial charge in [0.1, 0.15) is 5.60 Å². The summed E-state index contributed by atoms with van der Waals surface area (Å²) in [6.45, 7) is 3.07. The Morgan fingerprint density at radius 1 is 1.56 bits per heavy atom. The minimum absolute atomic E-state index is 0.306. The first-order valence-corrected chi connectivity index (χ1v) is 2.95. The molecule has 0 saturated carbocycles. The van der Waals surface area contributed by atoms with E-state index >= 15 is 0 Å². The highest BCUT2D eigenvalue weighted by Gasteiger charge is 2.13. The third-order valence-corrected chi connectivity index (χ3v) is 0.842. The van der Waals surface area contributed by atoms with Crippen molar-refractivity contribution in [3.05, 3.63) is 0 Å². The largest absolute Gasteiger partial charge is 0.392 e. The second kappa shape index (κ2) is 3.49. The Morgan fingerprint density at radius 3 is 2.44 bits per heavy atom. The Balaban J connectivity index is 3.84. The third-order valence-electron chi connectivity index (χ3n) is 0.842. The maximum atomic E-state index is 9.03. The van der Waals surface area contributed by atoms with Crippen LogP contribution in [0.5, 0.6) is 0 Å². The molecule has 0 aromatic rings. The van der Waals surface area contributed by atoms with Crippen LogP contribution in [0.4, 0.5) is 0 Å². The molecular formula is C7H12O2. The normalized spacial score (nSPS) is 15.6. The van der Waals surface area contributed by atoms with Crippen molar-refractivity contribution >= 4 is 0 Å². The minimum Gasteiger partial charge on any atom is -0.392 e. The van der Waals surface area contributed by atoms with Gasteiger partial charge in [0.15, 0.2) is 0 Å². The third kappa shape index (κ3) is 4.01. The fourth-order valence-corrected chi connectivity index (χ4v) is 0.318. The summed E-state index contributed by atoms with van der Waals surface area (Å²) in [5, 5.41) is 17.5. The number of rotatable bonds is 1. The van der Waals surface area contributed by atoms with Crippen LogP contribution in [0.2, 0.25) is 0 Å². The van der Waals surface area contributed by atoms with Crippen molar-refractivity contribution in [3.63, 3.8) is 0 Å². The Morgan fingerprint density at radius 2 is 2.11 bits per heavy atom. The van der Waals surface area contributed by atoms with E-state index < -0.39 is 5.60 Å². The zero-order valence-corrected chi connectivity index (χ0v) is 5.81. The van der Waals surface area contributed by atoms with Crippen molar-refractivity contribution in [2.75, 3.05) is 6.61 Å². The lowest BCUT2D eigenvalue weighted by Crippen LogP contribution is -2.26. The van der Waals surface area contributed by atoms with Crippen LogP contribution < -0.4 is 0 Å².